The van der Waals surface area contributed by atoms with Gasteiger partial charge < -0.3 is 10.4 Å². The molecule has 4 aliphatic rings. The van der Waals surface area contributed by atoms with Crippen molar-refractivity contribution in [1.82, 2.24) is 9.78 Å². The van der Waals surface area contributed by atoms with Gasteiger partial charge in [0.2, 0.25) is 0 Å². The number of hydrogen-bond donors (Lipinski definition) is 2. The summed E-state index contributed by atoms with van der Waals surface area (Å²) in [6.07, 6.45) is 10.8. The molecule has 0 unspecified atom stereocenters. The van der Waals surface area contributed by atoms with E-state index in [1.165, 1.54) is 49.7 Å². The summed E-state index contributed by atoms with van der Waals surface area (Å²) in [5, 5.41) is 17.4. The Morgan fingerprint density at radius 3 is 2.00 bits per heavy atom. The van der Waals surface area contributed by atoms with Crippen LogP contribution in [-0.2, 0) is 28.1 Å². The zero-order chi connectivity index (χ0) is 19.6. The van der Waals surface area contributed by atoms with E-state index >= 15 is 0 Å². The summed E-state index contributed by atoms with van der Waals surface area (Å²) in [7, 11) is 3.99. The van der Waals surface area contributed by atoms with Crippen molar-refractivity contribution < 1.29 is 9.90 Å². The number of aromatic nitrogens is 2. The van der Waals surface area contributed by atoms with Gasteiger partial charge in [-0.3, -0.25) is 9.48 Å². The number of aryl methyl sites for hydroxylation is 1. The van der Waals surface area contributed by atoms with Crippen molar-refractivity contribution in [3.05, 3.63) is 47.2 Å². The van der Waals surface area contributed by atoms with E-state index in [1.54, 1.807) is 0 Å². The number of fused-ring (bicyclic) bond motifs is 3. The molecule has 0 radical (unpaired) electrons. The van der Waals surface area contributed by atoms with E-state index in [0.29, 0.717) is 0 Å². The molecule has 5 nitrogen and oxygen atoms in total. The van der Waals surface area contributed by atoms with Gasteiger partial charge in [0.15, 0.2) is 0 Å². The van der Waals surface area contributed by atoms with Gasteiger partial charge in [-0.1, -0.05) is 24.3 Å². The molecular formula is C23H29N3O2. The van der Waals surface area contributed by atoms with E-state index in [0.717, 1.165) is 24.2 Å². The van der Waals surface area contributed by atoms with Crippen molar-refractivity contribution in [3.63, 3.8) is 0 Å². The molecule has 0 saturated heterocycles. The lowest BCUT2D eigenvalue weighted by Crippen LogP contribution is -2.46. The van der Waals surface area contributed by atoms with Crippen LogP contribution in [0.15, 0.2) is 30.5 Å². The first-order valence-corrected chi connectivity index (χ1v) is 10.5. The highest BCUT2D eigenvalue weighted by atomic mass is 16.4. The van der Waals surface area contributed by atoms with Gasteiger partial charge in [0.1, 0.15) is 5.82 Å². The van der Waals surface area contributed by atoms with Crippen LogP contribution < -0.4 is 5.32 Å². The number of aliphatic carboxylic acids is 1. The average molecular weight is 380 g/mol. The summed E-state index contributed by atoms with van der Waals surface area (Å²) in [6, 6.07) is 8.61. The number of hydrogen-bond acceptors (Lipinski definition) is 3. The Morgan fingerprint density at radius 1 is 0.964 bits per heavy atom. The zero-order valence-electron chi connectivity index (χ0n) is 16.8. The Kier molecular flexibility index (Phi) is 3.71. The van der Waals surface area contributed by atoms with E-state index in [9.17, 15) is 9.90 Å². The minimum absolute atomic E-state index is 0.260. The number of anilines is 1. The number of carboxylic acids is 1. The molecule has 0 amide bonds. The second-order valence-corrected chi connectivity index (χ2v) is 9.31. The Bertz CT molecular complexity index is 899. The number of nitrogens with zero attached hydrogens (tertiary/aromatic N) is 2. The van der Waals surface area contributed by atoms with Crippen LogP contribution in [0.4, 0.5) is 5.82 Å². The first kappa shape index (κ1) is 17.8. The lowest BCUT2D eigenvalue weighted by molar-refractivity contribution is -0.140. The molecule has 0 aliphatic heterocycles. The largest absolute Gasteiger partial charge is 0.481 e. The van der Waals surface area contributed by atoms with E-state index in [-0.39, 0.29) is 10.8 Å². The Labute approximate surface area is 166 Å². The van der Waals surface area contributed by atoms with Crippen LogP contribution in [-0.4, -0.2) is 27.9 Å². The van der Waals surface area contributed by atoms with Gasteiger partial charge in [0.25, 0.3) is 0 Å². The zero-order valence-corrected chi connectivity index (χ0v) is 16.8. The fourth-order valence-corrected chi connectivity index (χ4v) is 6.04. The predicted octanol–water partition coefficient (Wildman–Crippen LogP) is 4.12. The normalized spacial score (nSPS) is 30.2. The number of rotatable bonds is 5. The highest BCUT2D eigenvalue weighted by Crippen LogP contribution is 2.59. The Balaban J connectivity index is 1.39. The van der Waals surface area contributed by atoms with Crippen LogP contribution in [0.2, 0.25) is 0 Å². The van der Waals surface area contributed by atoms with Crippen LogP contribution in [0.25, 0.3) is 0 Å². The molecule has 4 aliphatic carbocycles. The van der Waals surface area contributed by atoms with Gasteiger partial charge in [-0.05, 0) is 67.9 Å². The van der Waals surface area contributed by atoms with E-state index < -0.39 is 11.4 Å². The summed E-state index contributed by atoms with van der Waals surface area (Å²) >= 11 is 0. The quantitative estimate of drug-likeness (QED) is 0.820. The summed E-state index contributed by atoms with van der Waals surface area (Å²) in [5.74, 6) is 0.484. The summed E-state index contributed by atoms with van der Waals surface area (Å²) in [6.45, 7) is 0. The lowest BCUT2D eigenvalue weighted by atomic mass is 9.50. The molecule has 2 aromatic rings. The smallest absolute Gasteiger partial charge is 0.314 e. The average Bonchev–Trinajstić information content (AvgIpc) is 3.46. The fraction of sp³-hybridized carbons (Fsp3) is 0.565. The monoisotopic (exact) mass is 379 g/mol. The molecule has 4 saturated carbocycles. The minimum atomic E-state index is -0.671. The summed E-state index contributed by atoms with van der Waals surface area (Å²) in [5.41, 5.74) is 3.70. The number of carbonyl (C=O) groups is 1. The second kappa shape index (κ2) is 5.85. The van der Waals surface area contributed by atoms with Crippen LogP contribution in [0, 0.1) is 0 Å². The van der Waals surface area contributed by atoms with Crippen LogP contribution >= 0.6 is 0 Å². The maximum absolute atomic E-state index is 11.6. The van der Waals surface area contributed by atoms with Crippen molar-refractivity contribution in [1.29, 1.82) is 0 Å². The molecule has 0 spiro atoms. The molecule has 2 bridgehead atoms. The van der Waals surface area contributed by atoms with Gasteiger partial charge in [0.05, 0.1) is 11.6 Å². The Morgan fingerprint density at radius 2 is 1.50 bits per heavy atom. The molecule has 28 heavy (non-hydrogen) atoms. The molecule has 148 valence electrons. The Hall–Kier alpha value is -2.30. The SMILES string of the molecule is CNc1c(C23CCC(c4ccc(C5(C(=O)O)CC5)cc4)(CC2)CC3)cnn1C. The number of carboxylic acid groups (broad SMARTS) is 1. The molecular weight excluding hydrogens is 350 g/mol. The predicted molar refractivity (Wildman–Crippen MR) is 109 cm³/mol. The minimum Gasteiger partial charge on any atom is -0.481 e. The molecule has 0 atom stereocenters. The standard InChI is InChI=1S/C23H29N3O2/c1-24-19-18(15-25-26(19)2)22-10-7-21(8-11-22,9-12-22)16-3-5-17(6-4-16)23(13-14-23)20(27)28/h3-6,15,24H,7-14H2,1-2H3,(H,27,28). The van der Waals surface area contributed by atoms with Crippen molar-refractivity contribution in [2.75, 3.05) is 12.4 Å². The van der Waals surface area contributed by atoms with Gasteiger partial charge in [0, 0.05) is 25.1 Å². The molecule has 1 heterocycles. The third-order valence-electron chi connectivity index (χ3n) is 8.20. The molecule has 4 fully saturated rings. The first-order chi connectivity index (χ1) is 13.4. The lowest BCUT2D eigenvalue weighted by Gasteiger charge is -2.54. The first-order valence-electron chi connectivity index (χ1n) is 10.5. The third kappa shape index (κ3) is 2.31. The third-order valence-corrected chi connectivity index (χ3v) is 8.20. The van der Waals surface area contributed by atoms with Gasteiger partial charge in [-0.15, -0.1) is 0 Å². The summed E-state index contributed by atoms with van der Waals surface area (Å²) in [4.78, 5) is 11.6. The molecule has 2 N–H and O–H groups in total. The fourth-order valence-electron chi connectivity index (χ4n) is 6.04. The highest BCUT2D eigenvalue weighted by Gasteiger charge is 2.53. The maximum Gasteiger partial charge on any atom is 0.314 e. The topological polar surface area (TPSA) is 67.2 Å². The second-order valence-electron chi connectivity index (χ2n) is 9.31. The molecule has 5 heteroatoms. The molecule has 1 aromatic heterocycles. The van der Waals surface area contributed by atoms with Crippen molar-refractivity contribution in [2.45, 2.75) is 67.6 Å². The van der Waals surface area contributed by atoms with E-state index in [4.69, 9.17) is 0 Å². The van der Waals surface area contributed by atoms with Crippen molar-refractivity contribution in [3.8, 4) is 0 Å². The number of nitrogens with one attached hydrogen (secondary N) is 1. The highest BCUT2D eigenvalue weighted by molar-refractivity contribution is 5.84. The van der Waals surface area contributed by atoms with Gasteiger partial charge in [-0.2, -0.15) is 5.10 Å². The van der Waals surface area contributed by atoms with E-state index in [2.05, 4.69) is 40.9 Å². The van der Waals surface area contributed by atoms with E-state index in [1.807, 2.05) is 18.8 Å². The molecule has 1 aromatic carbocycles. The van der Waals surface area contributed by atoms with Gasteiger partial charge >= 0.3 is 5.97 Å². The number of benzene rings is 1. The maximum atomic E-state index is 11.6. The van der Waals surface area contributed by atoms with Crippen LogP contribution in [0.1, 0.15) is 68.1 Å². The van der Waals surface area contributed by atoms with Gasteiger partial charge in [-0.25, -0.2) is 0 Å². The van der Waals surface area contributed by atoms with Crippen LogP contribution in [0.3, 0.4) is 0 Å². The van der Waals surface area contributed by atoms with Crippen molar-refractivity contribution >= 4 is 11.8 Å². The summed E-state index contributed by atoms with van der Waals surface area (Å²) < 4.78 is 1.95. The van der Waals surface area contributed by atoms with Crippen LogP contribution in [0.5, 0.6) is 0 Å². The van der Waals surface area contributed by atoms with Crippen molar-refractivity contribution in [2.24, 2.45) is 7.05 Å². The molecule has 6 rings (SSSR count).